The third-order valence-electron chi connectivity index (χ3n) is 2.97. The highest BCUT2D eigenvalue weighted by molar-refractivity contribution is 5.58. The first-order valence-electron chi connectivity index (χ1n) is 6.65. The molecule has 0 spiro atoms. The van der Waals surface area contributed by atoms with E-state index in [1.54, 1.807) is 0 Å². The molecule has 1 rings (SSSR count). The number of nitrogens with zero attached hydrogens (tertiary/aromatic N) is 3. The first kappa shape index (κ1) is 14.7. The fourth-order valence-electron chi connectivity index (χ4n) is 1.70. The fourth-order valence-corrected chi connectivity index (χ4v) is 1.70. The molecule has 1 heterocycles. The van der Waals surface area contributed by atoms with Gasteiger partial charge in [0.15, 0.2) is 0 Å². The lowest BCUT2D eigenvalue weighted by molar-refractivity contribution is 0.544. The smallest absolute Gasteiger partial charge is 0.138 e. The topological polar surface area (TPSA) is 41.1 Å². The molecule has 0 aliphatic carbocycles. The van der Waals surface area contributed by atoms with Crippen LogP contribution in [0.2, 0.25) is 0 Å². The largest absolute Gasteiger partial charge is 0.370 e. The number of aromatic nitrogens is 2. The Hall–Kier alpha value is -1.32. The highest BCUT2D eigenvalue weighted by atomic mass is 15.2. The molecule has 1 aromatic heterocycles. The second-order valence-corrected chi connectivity index (χ2v) is 5.64. The summed E-state index contributed by atoms with van der Waals surface area (Å²) < 4.78 is 0. The SMILES string of the molecule is CCNc1nc(C(C)(C)C)nc(N(C)CC)c1C. The van der Waals surface area contributed by atoms with Crippen molar-refractivity contribution in [2.24, 2.45) is 0 Å². The van der Waals surface area contributed by atoms with E-state index in [2.05, 4.69) is 63.8 Å². The Kier molecular flexibility index (Phi) is 4.54. The van der Waals surface area contributed by atoms with Crippen LogP contribution in [0.5, 0.6) is 0 Å². The average molecular weight is 250 g/mol. The third kappa shape index (κ3) is 3.12. The number of anilines is 2. The van der Waals surface area contributed by atoms with Crippen LogP contribution in [-0.4, -0.2) is 30.1 Å². The quantitative estimate of drug-likeness (QED) is 0.892. The van der Waals surface area contributed by atoms with Crippen molar-refractivity contribution in [2.75, 3.05) is 30.4 Å². The highest BCUT2D eigenvalue weighted by Crippen LogP contribution is 2.27. The van der Waals surface area contributed by atoms with E-state index >= 15 is 0 Å². The van der Waals surface area contributed by atoms with Gasteiger partial charge in [-0.1, -0.05) is 20.8 Å². The van der Waals surface area contributed by atoms with Gasteiger partial charge in [0.1, 0.15) is 17.5 Å². The third-order valence-corrected chi connectivity index (χ3v) is 2.97. The zero-order valence-electron chi connectivity index (χ0n) is 12.8. The van der Waals surface area contributed by atoms with Crippen molar-refractivity contribution in [3.63, 3.8) is 0 Å². The molecule has 4 heteroatoms. The van der Waals surface area contributed by atoms with Crippen LogP contribution in [0.1, 0.15) is 46.0 Å². The Labute approximate surface area is 111 Å². The summed E-state index contributed by atoms with van der Waals surface area (Å²) in [4.78, 5) is 11.6. The molecule has 0 aliphatic heterocycles. The van der Waals surface area contributed by atoms with Crippen LogP contribution < -0.4 is 10.2 Å². The van der Waals surface area contributed by atoms with E-state index in [0.717, 1.165) is 36.1 Å². The second kappa shape index (κ2) is 5.55. The van der Waals surface area contributed by atoms with Crippen molar-refractivity contribution in [1.82, 2.24) is 9.97 Å². The number of hydrogen-bond donors (Lipinski definition) is 1. The summed E-state index contributed by atoms with van der Waals surface area (Å²) in [5.74, 6) is 2.86. The van der Waals surface area contributed by atoms with Crippen molar-refractivity contribution in [3.8, 4) is 0 Å². The molecule has 4 nitrogen and oxygen atoms in total. The van der Waals surface area contributed by atoms with Crippen LogP contribution in [0.25, 0.3) is 0 Å². The summed E-state index contributed by atoms with van der Waals surface area (Å²) in [5.41, 5.74) is 1.08. The fraction of sp³-hybridized carbons (Fsp3) is 0.714. The summed E-state index contributed by atoms with van der Waals surface area (Å²) >= 11 is 0. The van der Waals surface area contributed by atoms with Gasteiger partial charge in [0.25, 0.3) is 0 Å². The molecule has 0 amide bonds. The molecule has 0 fully saturated rings. The van der Waals surface area contributed by atoms with E-state index in [0.29, 0.717) is 0 Å². The van der Waals surface area contributed by atoms with E-state index in [-0.39, 0.29) is 5.41 Å². The molecule has 0 atom stereocenters. The number of nitrogens with one attached hydrogen (secondary N) is 1. The van der Waals surface area contributed by atoms with Gasteiger partial charge in [-0.15, -0.1) is 0 Å². The Balaban J connectivity index is 3.36. The predicted molar refractivity (Wildman–Crippen MR) is 78.6 cm³/mol. The van der Waals surface area contributed by atoms with Crippen LogP contribution in [0.4, 0.5) is 11.6 Å². The van der Waals surface area contributed by atoms with Crippen molar-refractivity contribution in [3.05, 3.63) is 11.4 Å². The molecule has 18 heavy (non-hydrogen) atoms. The average Bonchev–Trinajstić information content (AvgIpc) is 2.29. The highest BCUT2D eigenvalue weighted by Gasteiger charge is 2.21. The van der Waals surface area contributed by atoms with E-state index in [1.807, 2.05) is 0 Å². The van der Waals surface area contributed by atoms with Crippen molar-refractivity contribution in [2.45, 2.75) is 47.0 Å². The van der Waals surface area contributed by atoms with E-state index in [4.69, 9.17) is 4.98 Å². The molecule has 0 radical (unpaired) electrons. The summed E-state index contributed by atoms with van der Waals surface area (Å²) in [5, 5.41) is 3.33. The van der Waals surface area contributed by atoms with Crippen LogP contribution in [0.15, 0.2) is 0 Å². The predicted octanol–water partition coefficient (Wildman–Crippen LogP) is 2.97. The summed E-state index contributed by atoms with van der Waals surface area (Å²) in [6.45, 7) is 14.5. The summed E-state index contributed by atoms with van der Waals surface area (Å²) in [7, 11) is 2.07. The Morgan fingerprint density at radius 1 is 1.17 bits per heavy atom. The second-order valence-electron chi connectivity index (χ2n) is 5.64. The number of hydrogen-bond acceptors (Lipinski definition) is 4. The molecular formula is C14H26N4. The molecule has 1 N–H and O–H groups in total. The van der Waals surface area contributed by atoms with Crippen molar-refractivity contribution >= 4 is 11.6 Å². The standard InChI is InChI=1S/C14H26N4/c1-8-15-11-10(3)12(18(7)9-2)17-13(16-11)14(4,5)6/h8-9H2,1-7H3,(H,15,16,17). The van der Waals surface area contributed by atoms with Crippen LogP contribution in [-0.2, 0) is 5.41 Å². The van der Waals surface area contributed by atoms with Gasteiger partial charge in [-0.25, -0.2) is 9.97 Å². The maximum absolute atomic E-state index is 4.73. The Morgan fingerprint density at radius 2 is 1.78 bits per heavy atom. The molecule has 0 aliphatic rings. The first-order valence-corrected chi connectivity index (χ1v) is 6.65. The van der Waals surface area contributed by atoms with Gasteiger partial charge in [0.05, 0.1) is 0 Å². The molecule has 1 aromatic rings. The van der Waals surface area contributed by atoms with Gasteiger partial charge < -0.3 is 10.2 Å². The van der Waals surface area contributed by atoms with Gasteiger partial charge in [-0.3, -0.25) is 0 Å². The molecule has 102 valence electrons. The van der Waals surface area contributed by atoms with Gasteiger partial charge in [-0.2, -0.15) is 0 Å². The zero-order valence-corrected chi connectivity index (χ0v) is 12.8. The maximum atomic E-state index is 4.73. The molecule has 0 aromatic carbocycles. The maximum Gasteiger partial charge on any atom is 0.138 e. The van der Waals surface area contributed by atoms with E-state index < -0.39 is 0 Å². The monoisotopic (exact) mass is 250 g/mol. The van der Waals surface area contributed by atoms with Gasteiger partial charge in [-0.05, 0) is 20.8 Å². The minimum atomic E-state index is -0.0405. The van der Waals surface area contributed by atoms with Crippen LogP contribution >= 0.6 is 0 Å². The molecule has 0 saturated carbocycles. The lowest BCUT2D eigenvalue weighted by Crippen LogP contribution is -2.24. The summed E-state index contributed by atoms with van der Waals surface area (Å²) in [6, 6.07) is 0. The van der Waals surface area contributed by atoms with Crippen LogP contribution in [0, 0.1) is 6.92 Å². The molecule has 0 unspecified atom stereocenters. The zero-order chi connectivity index (χ0) is 13.9. The first-order chi connectivity index (χ1) is 8.31. The van der Waals surface area contributed by atoms with E-state index in [1.165, 1.54) is 0 Å². The summed E-state index contributed by atoms with van der Waals surface area (Å²) in [6.07, 6.45) is 0. The normalized spacial score (nSPS) is 11.5. The number of rotatable bonds is 4. The Bertz CT molecular complexity index is 407. The lowest BCUT2D eigenvalue weighted by atomic mass is 9.95. The van der Waals surface area contributed by atoms with Gasteiger partial charge in [0, 0.05) is 31.1 Å². The lowest BCUT2D eigenvalue weighted by Gasteiger charge is -2.24. The van der Waals surface area contributed by atoms with Gasteiger partial charge >= 0.3 is 0 Å². The van der Waals surface area contributed by atoms with Crippen molar-refractivity contribution in [1.29, 1.82) is 0 Å². The van der Waals surface area contributed by atoms with Crippen LogP contribution in [0.3, 0.4) is 0 Å². The van der Waals surface area contributed by atoms with Crippen molar-refractivity contribution < 1.29 is 0 Å². The molecule has 0 saturated heterocycles. The van der Waals surface area contributed by atoms with Gasteiger partial charge in [0.2, 0.25) is 0 Å². The minimum absolute atomic E-state index is 0.0405. The molecule has 0 bridgehead atoms. The Morgan fingerprint density at radius 3 is 2.22 bits per heavy atom. The van der Waals surface area contributed by atoms with E-state index in [9.17, 15) is 0 Å². The minimum Gasteiger partial charge on any atom is -0.370 e. The molecular weight excluding hydrogens is 224 g/mol.